The van der Waals surface area contributed by atoms with Gasteiger partial charge < -0.3 is 5.32 Å². The fourth-order valence-corrected chi connectivity index (χ4v) is 3.07. The first-order valence-corrected chi connectivity index (χ1v) is 7.84. The third kappa shape index (κ3) is 4.65. The van der Waals surface area contributed by atoms with Crippen molar-refractivity contribution in [3.05, 3.63) is 35.9 Å². The van der Waals surface area contributed by atoms with Crippen LogP contribution in [-0.2, 0) is 11.3 Å². The van der Waals surface area contributed by atoms with Crippen molar-refractivity contribution in [2.45, 2.75) is 24.2 Å². The number of anilines is 1. The Kier molecular flexibility index (Phi) is 5.35. The number of Topliss-reactive ketones (excluding diaryl/α,β-unsaturated/α-hetero) is 1. The van der Waals surface area contributed by atoms with Crippen LogP contribution < -0.4 is 5.32 Å². The Balaban J connectivity index is 1.82. The SMILES string of the molecule is CCC(=O)CSc1nnc(NCc2ccccc2)s1. The highest BCUT2D eigenvalue weighted by molar-refractivity contribution is 8.01. The van der Waals surface area contributed by atoms with Crippen LogP contribution in [-0.4, -0.2) is 21.7 Å². The average molecular weight is 293 g/mol. The number of benzene rings is 1. The van der Waals surface area contributed by atoms with Gasteiger partial charge in [0, 0.05) is 13.0 Å². The van der Waals surface area contributed by atoms with Crippen molar-refractivity contribution in [2.75, 3.05) is 11.1 Å². The van der Waals surface area contributed by atoms with Crippen LogP contribution in [0, 0.1) is 0 Å². The van der Waals surface area contributed by atoms with Gasteiger partial charge >= 0.3 is 0 Å². The first-order valence-electron chi connectivity index (χ1n) is 6.03. The van der Waals surface area contributed by atoms with E-state index in [2.05, 4.69) is 27.6 Å². The molecule has 0 atom stereocenters. The van der Waals surface area contributed by atoms with Crippen LogP contribution >= 0.6 is 23.1 Å². The van der Waals surface area contributed by atoms with Gasteiger partial charge in [-0.15, -0.1) is 10.2 Å². The van der Waals surface area contributed by atoms with E-state index in [9.17, 15) is 4.79 Å². The van der Waals surface area contributed by atoms with Gasteiger partial charge in [0.25, 0.3) is 0 Å². The van der Waals surface area contributed by atoms with Crippen LogP contribution in [0.25, 0.3) is 0 Å². The van der Waals surface area contributed by atoms with E-state index in [1.807, 2.05) is 25.1 Å². The highest BCUT2D eigenvalue weighted by Crippen LogP contribution is 2.25. The summed E-state index contributed by atoms with van der Waals surface area (Å²) in [5, 5.41) is 12.1. The summed E-state index contributed by atoms with van der Waals surface area (Å²) in [6.07, 6.45) is 0.574. The molecule has 0 spiro atoms. The summed E-state index contributed by atoms with van der Waals surface area (Å²) in [5.74, 6) is 0.711. The lowest BCUT2D eigenvalue weighted by atomic mass is 10.2. The zero-order valence-corrected chi connectivity index (χ0v) is 12.3. The Bertz CT molecular complexity index is 528. The summed E-state index contributed by atoms with van der Waals surface area (Å²) in [7, 11) is 0. The normalized spacial score (nSPS) is 10.4. The zero-order chi connectivity index (χ0) is 13.5. The molecule has 2 rings (SSSR count). The second-order valence-corrected chi connectivity index (χ2v) is 6.09. The number of thioether (sulfide) groups is 1. The smallest absolute Gasteiger partial charge is 0.206 e. The molecule has 100 valence electrons. The fraction of sp³-hybridized carbons (Fsp3) is 0.308. The fourth-order valence-electron chi connectivity index (χ4n) is 1.36. The Hall–Kier alpha value is -1.40. The predicted molar refractivity (Wildman–Crippen MR) is 79.7 cm³/mol. The minimum Gasteiger partial charge on any atom is -0.356 e. The van der Waals surface area contributed by atoms with E-state index in [1.54, 1.807) is 0 Å². The second kappa shape index (κ2) is 7.25. The second-order valence-electron chi connectivity index (χ2n) is 3.89. The van der Waals surface area contributed by atoms with Crippen LogP contribution in [0.4, 0.5) is 5.13 Å². The molecule has 0 aliphatic carbocycles. The van der Waals surface area contributed by atoms with Gasteiger partial charge in [0.05, 0.1) is 5.75 Å². The molecule has 0 fully saturated rings. The van der Waals surface area contributed by atoms with Crippen LogP contribution in [0.5, 0.6) is 0 Å². The molecule has 1 aromatic carbocycles. The molecular formula is C13H15N3OS2. The quantitative estimate of drug-likeness (QED) is 0.794. The van der Waals surface area contributed by atoms with Gasteiger partial charge in [0.15, 0.2) is 4.34 Å². The molecule has 0 aliphatic heterocycles. The number of ketones is 1. The minimum absolute atomic E-state index is 0.235. The number of rotatable bonds is 7. The first kappa shape index (κ1) is 14.0. The molecule has 2 aromatic rings. The molecule has 1 N–H and O–H groups in total. The lowest BCUT2D eigenvalue weighted by molar-refractivity contribution is -0.116. The Morgan fingerprint density at radius 1 is 1.32 bits per heavy atom. The van der Waals surface area contributed by atoms with E-state index in [4.69, 9.17) is 0 Å². The monoisotopic (exact) mass is 293 g/mol. The molecular weight excluding hydrogens is 278 g/mol. The van der Waals surface area contributed by atoms with Crippen molar-refractivity contribution in [1.29, 1.82) is 0 Å². The van der Waals surface area contributed by atoms with Gasteiger partial charge in [0.1, 0.15) is 5.78 Å². The van der Waals surface area contributed by atoms with Gasteiger partial charge in [-0.2, -0.15) is 0 Å². The number of hydrogen-bond acceptors (Lipinski definition) is 6. The lowest BCUT2D eigenvalue weighted by Gasteiger charge is -2.00. The Morgan fingerprint density at radius 3 is 2.84 bits per heavy atom. The van der Waals surface area contributed by atoms with Crippen LogP contribution in [0.2, 0.25) is 0 Å². The van der Waals surface area contributed by atoms with E-state index in [1.165, 1.54) is 28.7 Å². The number of nitrogens with one attached hydrogen (secondary N) is 1. The molecule has 0 radical (unpaired) electrons. The summed E-state index contributed by atoms with van der Waals surface area (Å²) in [6.45, 7) is 2.60. The van der Waals surface area contributed by atoms with E-state index in [0.29, 0.717) is 12.2 Å². The number of hydrogen-bond donors (Lipinski definition) is 1. The maximum atomic E-state index is 11.2. The van der Waals surface area contributed by atoms with Crippen LogP contribution in [0.1, 0.15) is 18.9 Å². The highest BCUT2D eigenvalue weighted by atomic mass is 32.2. The molecule has 0 bridgehead atoms. The van der Waals surface area contributed by atoms with Gasteiger partial charge in [-0.05, 0) is 5.56 Å². The molecule has 0 saturated heterocycles. The number of carbonyl (C=O) groups is 1. The Labute approximate surface area is 120 Å². The maximum Gasteiger partial charge on any atom is 0.206 e. The highest BCUT2D eigenvalue weighted by Gasteiger charge is 2.06. The molecule has 1 heterocycles. The zero-order valence-electron chi connectivity index (χ0n) is 10.6. The average Bonchev–Trinajstić information content (AvgIpc) is 2.91. The third-order valence-corrected chi connectivity index (χ3v) is 4.52. The van der Waals surface area contributed by atoms with Gasteiger partial charge in [-0.3, -0.25) is 4.79 Å². The van der Waals surface area contributed by atoms with Crippen LogP contribution in [0.15, 0.2) is 34.7 Å². The van der Waals surface area contributed by atoms with E-state index < -0.39 is 0 Å². The molecule has 0 unspecified atom stereocenters. The largest absolute Gasteiger partial charge is 0.356 e. The van der Waals surface area contributed by atoms with Gasteiger partial charge in [-0.1, -0.05) is 60.4 Å². The van der Waals surface area contributed by atoms with Crippen molar-refractivity contribution in [2.24, 2.45) is 0 Å². The van der Waals surface area contributed by atoms with Crippen molar-refractivity contribution in [1.82, 2.24) is 10.2 Å². The van der Waals surface area contributed by atoms with Crippen molar-refractivity contribution < 1.29 is 4.79 Å². The molecule has 0 saturated carbocycles. The molecule has 0 amide bonds. The lowest BCUT2D eigenvalue weighted by Crippen LogP contribution is -1.98. The summed E-state index contributed by atoms with van der Waals surface area (Å²) in [4.78, 5) is 11.2. The van der Waals surface area contributed by atoms with Crippen molar-refractivity contribution >= 4 is 34.0 Å². The van der Waals surface area contributed by atoms with Crippen molar-refractivity contribution in [3.63, 3.8) is 0 Å². The molecule has 1 aromatic heterocycles. The molecule has 0 aliphatic rings. The van der Waals surface area contributed by atoms with Gasteiger partial charge in [-0.25, -0.2) is 0 Å². The predicted octanol–water partition coefficient (Wildman–Crippen LogP) is 3.22. The third-order valence-electron chi connectivity index (χ3n) is 2.44. The number of aromatic nitrogens is 2. The topological polar surface area (TPSA) is 54.9 Å². The van der Waals surface area contributed by atoms with Gasteiger partial charge in [0.2, 0.25) is 5.13 Å². The summed E-state index contributed by atoms with van der Waals surface area (Å²) in [5.41, 5.74) is 1.20. The standard InChI is InChI=1S/C13H15N3OS2/c1-2-11(17)9-18-13-16-15-12(19-13)14-8-10-6-4-3-5-7-10/h3-7H,2,8-9H2,1H3,(H,14,15). The number of nitrogens with zero attached hydrogens (tertiary/aromatic N) is 2. The van der Waals surface area contributed by atoms with E-state index >= 15 is 0 Å². The summed E-state index contributed by atoms with van der Waals surface area (Å²) >= 11 is 2.93. The minimum atomic E-state index is 0.235. The maximum absolute atomic E-state index is 11.2. The van der Waals surface area contributed by atoms with E-state index in [0.717, 1.165) is 16.0 Å². The van der Waals surface area contributed by atoms with Crippen molar-refractivity contribution in [3.8, 4) is 0 Å². The molecule has 19 heavy (non-hydrogen) atoms. The number of carbonyl (C=O) groups excluding carboxylic acids is 1. The summed E-state index contributed by atoms with van der Waals surface area (Å²) < 4.78 is 0.831. The molecule has 6 heteroatoms. The van der Waals surface area contributed by atoms with E-state index in [-0.39, 0.29) is 5.78 Å². The van der Waals surface area contributed by atoms with Crippen LogP contribution in [0.3, 0.4) is 0 Å². The Morgan fingerprint density at radius 2 is 2.11 bits per heavy atom. The first-order chi connectivity index (χ1) is 9.28. The molecule has 4 nitrogen and oxygen atoms in total. The summed E-state index contributed by atoms with van der Waals surface area (Å²) in [6, 6.07) is 10.1.